The van der Waals surface area contributed by atoms with Gasteiger partial charge in [0.15, 0.2) is 0 Å². The molecule has 0 atom stereocenters. The van der Waals surface area contributed by atoms with E-state index in [1.165, 1.54) is 4.90 Å². The fourth-order valence-corrected chi connectivity index (χ4v) is 1.04. The van der Waals surface area contributed by atoms with Gasteiger partial charge in [0.25, 0.3) is 0 Å². The summed E-state index contributed by atoms with van der Waals surface area (Å²) in [5.74, 6) is -1.04. The number of nitrogens with zero attached hydrogens (tertiary/aromatic N) is 1. The van der Waals surface area contributed by atoms with Gasteiger partial charge in [0, 0.05) is 19.0 Å². The molecule has 0 saturated heterocycles. The van der Waals surface area contributed by atoms with Crippen LogP contribution in [0, 0.1) is 5.92 Å². The summed E-state index contributed by atoms with van der Waals surface area (Å²) in [7, 11) is 0. The van der Waals surface area contributed by atoms with E-state index in [1.54, 1.807) is 19.9 Å². The van der Waals surface area contributed by atoms with E-state index in [0.717, 1.165) is 0 Å². The maximum absolute atomic E-state index is 11.5. The lowest BCUT2D eigenvalue weighted by Gasteiger charge is -2.22. The summed E-state index contributed by atoms with van der Waals surface area (Å²) in [4.78, 5) is 23.4. The number of carbonyl (C=O) groups excluding carboxylic acids is 1. The minimum atomic E-state index is -0.893. The first-order valence-electron chi connectivity index (χ1n) is 4.60. The molecule has 4 nitrogen and oxygen atoms in total. The largest absolute Gasteiger partial charge is 0.481 e. The Morgan fingerprint density at radius 2 is 2.07 bits per heavy atom. The molecular weight excluding hydrogens is 182 g/mol. The second kappa shape index (κ2) is 6.18. The predicted molar refractivity (Wildman–Crippen MR) is 53.9 cm³/mol. The number of rotatable bonds is 6. The number of carboxylic acids is 1. The van der Waals surface area contributed by atoms with E-state index in [9.17, 15) is 9.59 Å². The summed E-state index contributed by atoms with van der Waals surface area (Å²) in [6, 6.07) is 0. The number of carboxylic acid groups (broad SMARTS) is 1. The van der Waals surface area contributed by atoms with E-state index < -0.39 is 5.97 Å². The minimum absolute atomic E-state index is 0.0215. The Bertz CT molecular complexity index is 223. The van der Waals surface area contributed by atoms with Crippen molar-refractivity contribution < 1.29 is 14.7 Å². The molecule has 0 aliphatic heterocycles. The van der Waals surface area contributed by atoms with Gasteiger partial charge < -0.3 is 10.0 Å². The topological polar surface area (TPSA) is 57.6 Å². The first-order chi connectivity index (χ1) is 6.49. The molecule has 0 aliphatic rings. The van der Waals surface area contributed by atoms with Gasteiger partial charge in [0.1, 0.15) is 0 Å². The third-order valence-electron chi connectivity index (χ3n) is 1.75. The van der Waals surface area contributed by atoms with Gasteiger partial charge in [-0.15, -0.1) is 6.58 Å². The van der Waals surface area contributed by atoms with Gasteiger partial charge in [-0.3, -0.25) is 9.59 Å². The van der Waals surface area contributed by atoms with Gasteiger partial charge in [0.2, 0.25) is 5.91 Å². The molecule has 4 heteroatoms. The van der Waals surface area contributed by atoms with Crippen LogP contribution in [0.25, 0.3) is 0 Å². The fourth-order valence-electron chi connectivity index (χ4n) is 1.04. The van der Waals surface area contributed by atoms with Crippen molar-refractivity contribution in [2.75, 3.05) is 13.1 Å². The van der Waals surface area contributed by atoms with Crippen molar-refractivity contribution >= 4 is 11.9 Å². The van der Waals surface area contributed by atoms with Crippen LogP contribution >= 0.6 is 0 Å². The van der Waals surface area contributed by atoms with Crippen LogP contribution in [0.5, 0.6) is 0 Å². The quantitative estimate of drug-likeness (QED) is 0.652. The van der Waals surface area contributed by atoms with E-state index >= 15 is 0 Å². The Kier molecular flexibility index (Phi) is 5.60. The molecule has 0 bridgehead atoms. The van der Waals surface area contributed by atoms with Gasteiger partial charge in [0.05, 0.1) is 6.42 Å². The second-order valence-corrected chi connectivity index (χ2v) is 3.37. The second-order valence-electron chi connectivity index (χ2n) is 3.37. The Labute approximate surface area is 84.2 Å². The number of hydrogen-bond donors (Lipinski definition) is 1. The molecule has 80 valence electrons. The lowest BCUT2D eigenvalue weighted by Crippen LogP contribution is -2.36. The van der Waals surface area contributed by atoms with E-state index in [1.807, 2.05) is 0 Å². The molecule has 0 rings (SSSR count). The molecule has 1 amide bonds. The van der Waals surface area contributed by atoms with E-state index in [0.29, 0.717) is 6.54 Å². The summed E-state index contributed by atoms with van der Waals surface area (Å²) in [5.41, 5.74) is 0. The van der Waals surface area contributed by atoms with Crippen LogP contribution < -0.4 is 0 Å². The van der Waals surface area contributed by atoms with Crippen molar-refractivity contribution in [2.24, 2.45) is 5.92 Å². The zero-order chi connectivity index (χ0) is 11.1. The van der Waals surface area contributed by atoms with Gasteiger partial charge in [-0.2, -0.15) is 0 Å². The maximum Gasteiger partial charge on any atom is 0.305 e. The van der Waals surface area contributed by atoms with Crippen molar-refractivity contribution in [2.45, 2.75) is 20.3 Å². The van der Waals surface area contributed by atoms with Crippen LogP contribution in [0.4, 0.5) is 0 Å². The van der Waals surface area contributed by atoms with Crippen LogP contribution in [0.2, 0.25) is 0 Å². The molecule has 14 heavy (non-hydrogen) atoms. The minimum Gasteiger partial charge on any atom is -0.481 e. The summed E-state index contributed by atoms with van der Waals surface area (Å²) >= 11 is 0. The maximum atomic E-state index is 11.5. The van der Waals surface area contributed by atoms with Gasteiger partial charge in [-0.1, -0.05) is 19.9 Å². The fraction of sp³-hybridized carbons (Fsp3) is 0.600. The van der Waals surface area contributed by atoms with Crippen molar-refractivity contribution in [3.8, 4) is 0 Å². The molecule has 0 aliphatic carbocycles. The van der Waals surface area contributed by atoms with Crippen LogP contribution in [0.3, 0.4) is 0 Å². The standard InChI is InChI=1S/C10H17NO3/c1-4-6-11(7-5-9(12)13)10(14)8(2)3/h4,8H,1,5-7H2,2-3H3,(H,12,13). The monoisotopic (exact) mass is 199 g/mol. The summed E-state index contributed by atoms with van der Waals surface area (Å²) < 4.78 is 0. The molecule has 0 spiro atoms. The van der Waals surface area contributed by atoms with Crippen molar-refractivity contribution in [1.29, 1.82) is 0 Å². The Balaban J connectivity index is 4.20. The average Bonchev–Trinajstić information content (AvgIpc) is 2.10. The average molecular weight is 199 g/mol. The Hall–Kier alpha value is -1.32. The molecular formula is C10H17NO3. The van der Waals surface area contributed by atoms with E-state index in [4.69, 9.17) is 5.11 Å². The van der Waals surface area contributed by atoms with Crippen molar-refractivity contribution in [3.05, 3.63) is 12.7 Å². The molecule has 1 N–H and O–H groups in total. The number of hydrogen-bond acceptors (Lipinski definition) is 2. The molecule has 0 aromatic rings. The van der Waals surface area contributed by atoms with E-state index in [2.05, 4.69) is 6.58 Å². The highest BCUT2D eigenvalue weighted by Gasteiger charge is 2.16. The summed E-state index contributed by atoms with van der Waals surface area (Å²) in [5, 5.41) is 8.49. The zero-order valence-electron chi connectivity index (χ0n) is 8.69. The van der Waals surface area contributed by atoms with Crippen LogP contribution in [-0.2, 0) is 9.59 Å². The number of aliphatic carboxylic acids is 1. The predicted octanol–water partition coefficient (Wildman–Crippen LogP) is 1.13. The number of amides is 1. The lowest BCUT2D eigenvalue weighted by molar-refractivity contribution is -0.139. The highest BCUT2D eigenvalue weighted by Crippen LogP contribution is 2.02. The third-order valence-corrected chi connectivity index (χ3v) is 1.75. The number of carbonyl (C=O) groups is 2. The van der Waals surface area contributed by atoms with Crippen LogP contribution in [0.15, 0.2) is 12.7 Å². The lowest BCUT2D eigenvalue weighted by atomic mass is 10.2. The zero-order valence-corrected chi connectivity index (χ0v) is 8.69. The third kappa shape index (κ3) is 4.64. The van der Waals surface area contributed by atoms with Gasteiger partial charge >= 0.3 is 5.97 Å². The normalized spacial score (nSPS) is 9.93. The Morgan fingerprint density at radius 3 is 2.43 bits per heavy atom. The molecule has 0 saturated carbocycles. The van der Waals surface area contributed by atoms with Crippen LogP contribution in [0.1, 0.15) is 20.3 Å². The molecule has 0 unspecified atom stereocenters. The first kappa shape index (κ1) is 12.7. The van der Waals surface area contributed by atoms with Gasteiger partial charge in [-0.05, 0) is 0 Å². The first-order valence-corrected chi connectivity index (χ1v) is 4.60. The van der Waals surface area contributed by atoms with Crippen molar-refractivity contribution in [3.63, 3.8) is 0 Å². The molecule has 0 fully saturated rings. The molecule has 0 radical (unpaired) electrons. The Morgan fingerprint density at radius 1 is 1.50 bits per heavy atom. The van der Waals surface area contributed by atoms with E-state index in [-0.39, 0.29) is 24.8 Å². The SMILES string of the molecule is C=CCN(CCC(=O)O)C(=O)C(C)C. The highest BCUT2D eigenvalue weighted by atomic mass is 16.4. The van der Waals surface area contributed by atoms with Crippen molar-refractivity contribution in [1.82, 2.24) is 4.90 Å². The molecule has 0 aromatic heterocycles. The molecule has 0 heterocycles. The summed E-state index contributed by atoms with van der Waals surface area (Å²) in [6.07, 6.45) is 1.58. The van der Waals surface area contributed by atoms with Crippen LogP contribution in [-0.4, -0.2) is 35.0 Å². The highest BCUT2D eigenvalue weighted by molar-refractivity contribution is 5.78. The van der Waals surface area contributed by atoms with Gasteiger partial charge in [-0.25, -0.2) is 0 Å². The smallest absolute Gasteiger partial charge is 0.305 e. The summed E-state index contributed by atoms with van der Waals surface area (Å²) in [6.45, 7) is 7.77. The molecule has 0 aromatic carbocycles.